The zero-order valence-corrected chi connectivity index (χ0v) is 35.9. The predicted molar refractivity (Wildman–Crippen MR) is 190 cm³/mol. The summed E-state index contributed by atoms with van der Waals surface area (Å²) < 4.78 is 13.3. The average molecular weight is 1270 g/mol. The first-order valence-electron chi connectivity index (χ1n) is 9.24. The minimum absolute atomic E-state index is 0.175. The topological polar surface area (TPSA) is 43.4 Å². The highest BCUT2D eigenvalue weighted by Crippen LogP contribution is 2.49. The molecule has 0 fully saturated rings. The molecular formula is C22H2Br12O3. The lowest BCUT2D eigenvalue weighted by Gasteiger charge is -2.17. The number of carbonyl (C=O) groups excluding carboxylic acids is 2. The Bertz CT molecular complexity index is 1570. The number of hydrogen-bond acceptors (Lipinski definition) is 3. The number of esters is 2. The number of ether oxygens (including phenoxy) is 1. The molecule has 0 aliphatic heterocycles. The normalized spacial score (nSPS) is 11.5. The molecule has 0 aliphatic carbocycles. The van der Waals surface area contributed by atoms with Gasteiger partial charge in [-0.25, -0.2) is 9.59 Å². The first kappa shape index (κ1) is 32.2. The van der Waals surface area contributed by atoms with Crippen molar-refractivity contribution in [3.05, 3.63) is 76.9 Å². The van der Waals surface area contributed by atoms with Crippen LogP contribution in [0.25, 0.3) is 21.5 Å². The van der Waals surface area contributed by atoms with Crippen LogP contribution in [0.3, 0.4) is 0 Å². The van der Waals surface area contributed by atoms with Gasteiger partial charge in [0.15, 0.2) is 0 Å². The maximum atomic E-state index is 13.6. The molecule has 0 radical (unpaired) electrons. The molecule has 4 rings (SSSR count). The number of rotatable bonds is 2. The van der Waals surface area contributed by atoms with Crippen LogP contribution < -0.4 is 0 Å². The number of carbonyl (C=O) groups is 2. The summed E-state index contributed by atoms with van der Waals surface area (Å²) in [6.07, 6.45) is 0. The lowest BCUT2D eigenvalue weighted by molar-refractivity contribution is 0.0399. The summed E-state index contributed by atoms with van der Waals surface area (Å²) in [7, 11) is 0. The van der Waals surface area contributed by atoms with E-state index in [4.69, 9.17) is 4.74 Å². The number of benzene rings is 4. The predicted octanol–water partition coefficient (Wildman–Crippen LogP) is 14.1. The van der Waals surface area contributed by atoms with E-state index in [1.165, 1.54) is 0 Å². The Labute approximate surface area is 310 Å². The van der Waals surface area contributed by atoms with Gasteiger partial charge < -0.3 is 4.74 Å². The van der Waals surface area contributed by atoms with Crippen LogP contribution >= 0.6 is 191 Å². The molecule has 4 aromatic rings. The molecule has 192 valence electrons. The third kappa shape index (κ3) is 5.68. The van der Waals surface area contributed by atoms with Crippen molar-refractivity contribution < 1.29 is 14.3 Å². The first-order chi connectivity index (χ1) is 17.2. The Kier molecular flexibility index (Phi) is 10.9. The van der Waals surface area contributed by atoms with Crippen molar-refractivity contribution in [2.45, 2.75) is 0 Å². The SMILES string of the molecule is O=C(OC(=O)c1c(Br)c(Br)c(Br)c2c(Br)c(Br)c(Br)cc12)c1c(Br)c(Br)c(Br)c2c(Br)c(Br)c(Br)cc12. The zero-order valence-electron chi connectivity index (χ0n) is 16.9. The molecule has 0 bridgehead atoms. The lowest BCUT2D eigenvalue weighted by atomic mass is 10.0. The van der Waals surface area contributed by atoms with E-state index in [0.29, 0.717) is 66.3 Å². The van der Waals surface area contributed by atoms with Gasteiger partial charge in [0.2, 0.25) is 0 Å². The number of halogens is 12. The molecule has 0 aliphatic rings. The number of hydrogen-bond donors (Lipinski definition) is 0. The standard InChI is InChI=1S/C22H2Br12O3/c23-5-1-3-7(13(27)11(5)25)15(29)19(33)17(31)9(3)21(35)37-22(36)10-4-2-6(24)12(26)14(28)8(4)16(30)20(34)18(10)32/h1-2H. The van der Waals surface area contributed by atoms with E-state index in [2.05, 4.69) is 191 Å². The summed E-state index contributed by atoms with van der Waals surface area (Å²) in [5.41, 5.74) is 0.350. The number of fused-ring (bicyclic) bond motifs is 2. The second kappa shape index (κ2) is 12.5. The van der Waals surface area contributed by atoms with Gasteiger partial charge in [-0.1, -0.05) is 0 Å². The summed E-state index contributed by atoms with van der Waals surface area (Å²) in [4.78, 5) is 27.2. The fourth-order valence-electron chi connectivity index (χ4n) is 3.47. The summed E-state index contributed by atoms with van der Waals surface area (Å²) in [5.74, 6) is -1.66. The average Bonchev–Trinajstić information content (AvgIpc) is 2.83. The fourth-order valence-corrected chi connectivity index (χ4v) is 11.0. The van der Waals surface area contributed by atoms with Gasteiger partial charge in [-0.05, 0) is 203 Å². The highest BCUT2D eigenvalue weighted by Gasteiger charge is 2.30. The lowest BCUT2D eigenvalue weighted by Crippen LogP contribution is -2.15. The maximum Gasteiger partial charge on any atom is 0.347 e. The van der Waals surface area contributed by atoms with Crippen LogP contribution in [0.1, 0.15) is 20.7 Å². The van der Waals surface area contributed by atoms with Crippen LogP contribution in [0.2, 0.25) is 0 Å². The monoisotopic (exact) mass is 1260 g/mol. The second-order valence-electron chi connectivity index (χ2n) is 7.13. The Balaban J connectivity index is 1.94. The Morgan fingerprint density at radius 2 is 0.730 bits per heavy atom. The molecule has 0 saturated heterocycles. The third-order valence-corrected chi connectivity index (χ3v) is 18.6. The summed E-state index contributed by atoms with van der Waals surface area (Å²) in [5, 5.41) is 2.52. The largest absolute Gasteiger partial charge is 0.386 e. The molecule has 0 unspecified atom stereocenters. The van der Waals surface area contributed by atoms with E-state index in [1.807, 2.05) is 0 Å². The van der Waals surface area contributed by atoms with Crippen molar-refractivity contribution in [2.24, 2.45) is 0 Å². The van der Waals surface area contributed by atoms with E-state index >= 15 is 0 Å². The Hall–Kier alpha value is 2.30. The first-order valence-corrected chi connectivity index (χ1v) is 18.8. The molecule has 3 nitrogen and oxygen atoms in total. The molecule has 0 atom stereocenters. The van der Waals surface area contributed by atoms with Crippen LogP contribution in [0, 0.1) is 0 Å². The summed E-state index contributed by atoms with van der Waals surface area (Å²) in [6, 6.07) is 3.56. The molecule has 15 heteroatoms. The van der Waals surface area contributed by atoms with Gasteiger partial charge in [0.25, 0.3) is 0 Å². The van der Waals surface area contributed by atoms with E-state index < -0.39 is 11.9 Å². The molecule has 0 aromatic heterocycles. The van der Waals surface area contributed by atoms with Gasteiger partial charge in [-0.15, -0.1) is 0 Å². The van der Waals surface area contributed by atoms with E-state index in [1.54, 1.807) is 12.1 Å². The van der Waals surface area contributed by atoms with E-state index in [9.17, 15) is 9.59 Å². The minimum atomic E-state index is -0.828. The van der Waals surface area contributed by atoms with Crippen molar-refractivity contribution >= 4 is 225 Å². The molecular weight excluding hydrogens is 1270 g/mol. The quantitative estimate of drug-likeness (QED) is 0.114. The van der Waals surface area contributed by atoms with Gasteiger partial charge in [0.05, 0.1) is 11.1 Å². The van der Waals surface area contributed by atoms with Gasteiger partial charge in [0, 0.05) is 75.2 Å². The van der Waals surface area contributed by atoms with Crippen molar-refractivity contribution in [3.63, 3.8) is 0 Å². The second-order valence-corrected chi connectivity index (χ2v) is 16.8. The smallest absolute Gasteiger partial charge is 0.347 e. The molecule has 37 heavy (non-hydrogen) atoms. The van der Waals surface area contributed by atoms with Gasteiger partial charge in [-0.3, -0.25) is 0 Å². The van der Waals surface area contributed by atoms with Gasteiger partial charge in [0.1, 0.15) is 0 Å². The van der Waals surface area contributed by atoms with Crippen LogP contribution in [0.15, 0.2) is 65.8 Å². The summed E-state index contributed by atoms with van der Waals surface area (Å²) in [6.45, 7) is 0. The molecule has 0 N–H and O–H groups in total. The zero-order chi connectivity index (χ0) is 27.7. The summed E-state index contributed by atoms with van der Waals surface area (Å²) >= 11 is 42.5. The van der Waals surface area contributed by atoms with Crippen LogP contribution in [-0.4, -0.2) is 11.9 Å². The van der Waals surface area contributed by atoms with Crippen molar-refractivity contribution in [2.75, 3.05) is 0 Å². The van der Waals surface area contributed by atoms with Gasteiger partial charge >= 0.3 is 11.9 Å². The Morgan fingerprint density at radius 1 is 0.432 bits per heavy atom. The van der Waals surface area contributed by atoms with Crippen molar-refractivity contribution in [1.29, 1.82) is 0 Å². The van der Waals surface area contributed by atoms with Crippen LogP contribution in [0.5, 0.6) is 0 Å². The van der Waals surface area contributed by atoms with E-state index in [0.717, 1.165) is 8.95 Å². The molecule has 0 heterocycles. The van der Waals surface area contributed by atoms with Crippen molar-refractivity contribution in [3.8, 4) is 0 Å². The minimum Gasteiger partial charge on any atom is -0.386 e. The third-order valence-electron chi connectivity index (χ3n) is 5.11. The molecule has 0 spiro atoms. The highest BCUT2D eigenvalue weighted by molar-refractivity contribution is 9.16. The van der Waals surface area contributed by atoms with Gasteiger partial charge in [-0.2, -0.15) is 0 Å². The van der Waals surface area contributed by atoms with E-state index in [-0.39, 0.29) is 11.1 Å². The Morgan fingerprint density at radius 3 is 1.05 bits per heavy atom. The van der Waals surface area contributed by atoms with Crippen LogP contribution in [0.4, 0.5) is 0 Å². The van der Waals surface area contributed by atoms with Crippen molar-refractivity contribution in [1.82, 2.24) is 0 Å². The fraction of sp³-hybridized carbons (Fsp3) is 0. The molecule has 0 amide bonds. The van der Waals surface area contributed by atoms with Crippen LogP contribution in [-0.2, 0) is 4.74 Å². The maximum absolute atomic E-state index is 13.6. The molecule has 0 saturated carbocycles. The highest BCUT2D eigenvalue weighted by atomic mass is 79.9. The molecule has 4 aromatic carbocycles.